The quantitative estimate of drug-likeness (QED) is 0.691. The summed E-state index contributed by atoms with van der Waals surface area (Å²) in [6, 6.07) is 7.96. The summed E-state index contributed by atoms with van der Waals surface area (Å²) in [5, 5.41) is 0. The van der Waals surface area contributed by atoms with Crippen molar-refractivity contribution in [2.75, 3.05) is 0 Å². The molecule has 7 heteroatoms. The third kappa shape index (κ3) is 4.42. The molecule has 0 saturated carbocycles. The van der Waals surface area contributed by atoms with Crippen molar-refractivity contribution >= 4 is 29.1 Å². The van der Waals surface area contributed by atoms with Crippen LogP contribution in [0, 0.1) is 11.3 Å². The first-order chi connectivity index (χ1) is 13.1. The van der Waals surface area contributed by atoms with E-state index in [2.05, 4.69) is 31.6 Å². The molecule has 2 aromatic rings. The molecule has 1 aromatic carbocycles. The number of carbonyl (C=O) groups excluding carboxylic acids is 3. The largest absolute Gasteiger partial charge is 0.366 e. The van der Waals surface area contributed by atoms with Gasteiger partial charge in [-0.3, -0.25) is 25.2 Å². The third-order valence-corrected chi connectivity index (χ3v) is 6.47. The summed E-state index contributed by atoms with van der Waals surface area (Å²) in [6.45, 7) is 6.77. The van der Waals surface area contributed by atoms with Crippen LogP contribution in [0.25, 0.3) is 0 Å². The van der Waals surface area contributed by atoms with E-state index in [1.54, 1.807) is 12.1 Å². The van der Waals surface area contributed by atoms with E-state index < -0.39 is 11.8 Å². The van der Waals surface area contributed by atoms with Gasteiger partial charge in [0.05, 0.1) is 4.88 Å². The molecule has 0 aliphatic heterocycles. The number of nitrogens with one attached hydrogen (secondary N) is 2. The summed E-state index contributed by atoms with van der Waals surface area (Å²) in [5.74, 6) is -0.865. The Balaban J connectivity index is 1.63. The molecule has 0 bridgehead atoms. The average Bonchev–Trinajstić information content (AvgIpc) is 3.08. The van der Waals surface area contributed by atoms with Crippen molar-refractivity contribution in [1.82, 2.24) is 10.9 Å². The Labute approximate surface area is 168 Å². The third-order valence-electron chi connectivity index (χ3n) is 5.23. The predicted octanol–water partition coefficient (Wildman–Crippen LogP) is 3.07. The number of hydrazine groups is 1. The number of aryl methyl sites for hydroxylation is 1. The smallest absolute Gasteiger partial charge is 0.279 e. The monoisotopic (exact) mass is 399 g/mol. The molecule has 0 fully saturated rings. The van der Waals surface area contributed by atoms with Crippen molar-refractivity contribution < 1.29 is 14.4 Å². The summed E-state index contributed by atoms with van der Waals surface area (Å²) in [5.41, 5.74) is 12.0. The molecule has 1 aliphatic rings. The summed E-state index contributed by atoms with van der Waals surface area (Å²) in [6.07, 6.45) is 3.10. The zero-order valence-corrected chi connectivity index (χ0v) is 17.1. The van der Waals surface area contributed by atoms with Crippen molar-refractivity contribution in [2.24, 2.45) is 17.1 Å². The van der Waals surface area contributed by atoms with Crippen molar-refractivity contribution in [1.29, 1.82) is 0 Å². The molecule has 1 atom stereocenters. The van der Waals surface area contributed by atoms with Gasteiger partial charge in [0.25, 0.3) is 11.8 Å². The van der Waals surface area contributed by atoms with Gasteiger partial charge in [0, 0.05) is 16.0 Å². The Kier molecular flexibility index (Phi) is 5.56. The highest BCUT2D eigenvalue weighted by atomic mass is 32.1. The summed E-state index contributed by atoms with van der Waals surface area (Å²) in [4.78, 5) is 37.8. The lowest BCUT2D eigenvalue weighted by Crippen LogP contribution is -2.41. The van der Waals surface area contributed by atoms with Crippen molar-refractivity contribution in [2.45, 2.75) is 40.0 Å². The zero-order chi connectivity index (χ0) is 20.5. The lowest BCUT2D eigenvalue weighted by molar-refractivity contribution is 0.0848. The van der Waals surface area contributed by atoms with Crippen LogP contribution in [0.3, 0.4) is 0 Å². The molecular weight excluding hydrogens is 374 g/mol. The number of amides is 3. The van der Waals surface area contributed by atoms with E-state index in [9.17, 15) is 14.4 Å². The molecule has 148 valence electrons. The maximum absolute atomic E-state index is 12.5. The van der Waals surface area contributed by atoms with Gasteiger partial charge in [-0.2, -0.15) is 0 Å². The Morgan fingerprint density at radius 2 is 1.75 bits per heavy atom. The van der Waals surface area contributed by atoms with Crippen LogP contribution in [0.4, 0.5) is 0 Å². The van der Waals surface area contributed by atoms with Gasteiger partial charge in [-0.25, -0.2) is 0 Å². The van der Waals surface area contributed by atoms with E-state index in [1.807, 2.05) is 6.07 Å². The first kappa shape index (κ1) is 20.1. The van der Waals surface area contributed by atoms with Gasteiger partial charge in [0.15, 0.2) is 0 Å². The normalized spacial score (nSPS) is 16.2. The fraction of sp³-hybridized carbons (Fsp3) is 0.381. The highest BCUT2D eigenvalue weighted by molar-refractivity contribution is 7.14. The Bertz CT molecular complexity index is 927. The molecule has 4 N–H and O–H groups in total. The molecule has 1 unspecified atom stereocenters. The molecule has 28 heavy (non-hydrogen) atoms. The maximum Gasteiger partial charge on any atom is 0.279 e. The van der Waals surface area contributed by atoms with Crippen molar-refractivity contribution in [3.8, 4) is 0 Å². The number of nitrogens with two attached hydrogens (primary N) is 1. The molecule has 0 radical (unpaired) electrons. The SMILES string of the molecule is CC(C)(C)C1CCc2sc(C(=O)NNC(=O)c3cccc(C(N)=O)c3)cc2C1. The number of hydrogen-bond acceptors (Lipinski definition) is 4. The van der Waals surface area contributed by atoms with E-state index in [1.165, 1.54) is 33.9 Å². The molecular formula is C21H25N3O3S. The first-order valence-electron chi connectivity index (χ1n) is 9.27. The lowest BCUT2D eigenvalue weighted by Gasteiger charge is -2.33. The minimum Gasteiger partial charge on any atom is -0.366 e. The number of fused-ring (bicyclic) bond motifs is 1. The van der Waals surface area contributed by atoms with Gasteiger partial charge in [0.1, 0.15) is 0 Å². The summed E-state index contributed by atoms with van der Waals surface area (Å²) in [7, 11) is 0. The number of rotatable bonds is 3. The molecule has 1 aliphatic carbocycles. The van der Waals surface area contributed by atoms with Crippen LogP contribution in [0.5, 0.6) is 0 Å². The van der Waals surface area contributed by atoms with Crippen LogP contribution in [-0.2, 0) is 12.8 Å². The van der Waals surface area contributed by atoms with Crippen LogP contribution in [0.15, 0.2) is 30.3 Å². The van der Waals surface area contributed by atoms with Crippen molar-refractivity contribution in [3.63, 3.8) is 0 Å². The fourth-order valence-corrected chi connectivity index (χ4v) is 4.54. The highest BCUT2D eigenvalue weighted by Crippen LogP contribution is 2.40. The summed E-state index contributed by atoms with van der Waals surface area (Å²) < 4.78 is 0. The molecule has 1 heterocycles. The number of carbonyl (C=O) groups is 3. The minimum atomic E-state index is -0.614. The van der Waals surface area contributed by atoms with Gasteiger partial charge in [-0.15, -0.1) is 11.3 Å². The minimum absolute atomic E-state index is 0.235. The maximum atomic E-state index is 12.5. The molecule has 6 nitrogen and oxygen atoms in total. The van der Waals surface area contributed by atoms with E-state index >= 15 is 0 Å². The average molecular weight is 400 g/mol. The van der Waals surface area contributed by atoms with Gasteiger partial charge >= 0.3 is 0 Å². The van der Waals surface area contributed by atoms with Crippen LogP contribution < -0.4 is 16.6 Å². The molecule has 3 rings (SSSR count). The van der Waals surface area contributed by atoms with Gasteiger partial charge in [-0.1, -0.05) is 26.8 Å². The Hall–Kier alpha value is -2.67. The number of benzene rings is 1. The second kappa shape index (κ2) is 7.75. The Morgan fingerprint density at radius 3 is 2.43 bits per heavy atom. The van der Waals surface area contributed by atoms with Crippen LogP contribution >= 0.6 is 11.3 Å². The number of hydrogen-bond donors (Lipinski definition) is 3. The summed E-state index contributed by atoms with van der Waals surface area (Å²) >= 11 is 1.49. The second-order valence-corrected chi connectivity index (χ2v) is 9.35. The molecule has 1 aromatic heterocycles. The molecule has 0 spiro atoms. The molecule has 0 saturated heterocycles. The highest BCUT2D eigenvalue weighted by Gasteiger charge is 2.30. The predicted molar refractivity (Wildman–Crippen MR) is 109 cm³/mol. The molecule has 3 amide bonds. The van der Waals surface area contributed by atoms with Gasteiger partial charge in [-0.05, 0) is 60.4 Å². The van der Waals surface area contributed by atoms with Crippen LogP contribution in [0.1, 0.15) is 68.0 Å². The lowest BCUT2D eigenvalue weighted by atomic mass is 9.72. The zero-order valence-electron chi connectivity index (χ0n) is 16.3. The van der Waals surface area contributed by atoms with E-state index in [4.69, 9.17) is 5.73 Å². The topological polar surface area (TPSA) is 101 Å². The van der Waals surface area contributed by atoms with Gasteiger partial charge in [0.2, 0.25) is 5.91 Å². The van der Waals surface area contributed by atoms with E-state index in [0.717, 1.165) is 19.3 Å². The van der Waals surface area contributed by atoms with Crippen LogP contribution in [-0.4, -0.2) is 17.7 Å². The van der Waals surface area contributed by atoms with E-state index in [-0.39, 0.29) is 22.4 Å². The standard InChI is InChI=1S/C21H25N3O3S/c1-21(2,3)15-7-8-16-14(10-15)11-17(28-16)20(27)24-23-19(26)13-6-4-5-12(9-13)18(22)25/h4-6,9,11,15H,7-8,10H2,1-3H3,(H2,22,25)(H,23,26)(H,24,27). The van der Waals surface area contributed by atoms with Crippen molar-refractivity contribution in [3.05, 3.63) is 56.8 Å². The number of primary amides is 1. The van der Waals surface area contributed by atoms with Crippen LogP contribution in [0.2, 0.25) is 0 Å². The second-order valence-electron chi connectivity index (χ2n) is 8.22. The Morgan fingerprint density at radius 1 is 1.07 bits per heavy atom. The first-order valence-corrected chi connectivity index (χ1v) is 10.1. The van der Waals surface area contributed by atoms with E-state index in [0.29, 0.717) is 10.8 Å². The fourth-order valence-electron chi connectivity index (χ4n) is 3.44. The van der Waals surface area contributed by atoms with Gasteiger partial charge < -0.3 is 5.73 Å². The number of thiophene rings is 1.